The molecular weight excluding hydrogens is 389 g/mol. The lowest BCUT2D eigenvalue weighted by Crippen LogP contribution is -2.26. The lowest BCUT2D eigenvalue weighted by Gasteiger charge is -2.17. The van der Waals surface area contributed by atoms with Crippen molar-refractivity contribution in [2.75, 3.05) is 30.3 Å². The average Bonchev–Trinajstić information content (AvgIpc) is 3.10. The third-order valence-electron chi connectivity index (χ3n) is 4.70. The van der Waals surface area contributed by atoms with Crippen LogP contribution < -0.4 is 16.1 Å². The van der Waals surface area contributed by atoms with Crippen molar-refractivity contribution in [2.24, 2.45) is 5.92 Å². The summed E-state index contributed by atoms with van der Waals surface area (Å²) in [7, 11) is 0. The van der Waals surface area contributed by atoms with Gasteiger partial charge in [-0.05, 0) is 61.7 Å². The van der Waals surface area contributed by atoms with E-state index in [9.17, 15) is 14.0 Å². The van der Waals surface area contributed by atoms with Crippen molar-refractivity contribution < 1.29 is 18.8 Å². The third-order valence-corrected chi connectivity index (χ3v) is 4.70. The topological polar surface area (TPSA) is 95.6 Å². The molecule has 2 aromatic rings. The molecule has 0 saturated carbocycles. The number of likely N-dealkylation sites (tertiary alicyclic amines) is 1. The molecule has 2 heterocycles. The van der Waals surface area contributed by atoms with Crippen LogP contribution in [-0.2, 0) is 16.2 Å². The second-order valence-corrected chi connectivity index (χ2v) is 7.47. The van der Waals surface area contributed by atoms with Gasteiger partial charge >= 0.3 is 6.03 Å². The molecule has 1 aliphatic heterocycles. The van der Waals surface area contributed by atoms with Crippen molar-refractivity contribution in [3.63, 3.8) is 0 Å². The first-order valence-corrected chi connectivity index (χ1v) is 9.78. The van der Waals surface area contributed by atoms with Crippen molar-refractivity contribution in [3.8, 4) is 0 Å². The first-order chi connectivity index (χ1) is 14.4. The highest BCUT2D eigenvalue weighted by atomic mass is 19.1. The summed E-state index contributed by atoms with van der Waals surface area (Å²) in [5.41, 5.74) is 4.89. The molecule has 0 aliphatic carbocycles. The van der Waals surface area contributed by atoms with E-state index in [2.05, 4.69) is 26.0 Å². The van der Waals surface area contributed by atoms with E-state index >= 15 is 0 Å². The number of hydroxylamine groups is 1. The number of benzene rings is 1. The quantitative estimate of drug-likeness (QED) is 0.604. The lowest BCUT2D eigenvalue weighted by molar-refractivity contribution is -0.132. The number of pyridine rings is 1. The highest BCUT2D eigenvalue weighted by molar-refractivity contribution is 5.99. The molecule has 0 spiro atoms. The lowest BCUT2D eigenvalue weighted by atomic mass is 10.1. The van der Waals surface area contributed by atoms with Gasteiger partial charge in [0.1, 0.15) is 5.82 Å². The number of aryl methyl sites for hydroxylation is 1. The molecular formula is C21H26FN5O3. The first kappa shape index (κ1) is 21.7. The molecule has 3 N–H and O–H groups in total. The van der Waals surface area contributed by atoms with Crippen molar-refractivity contribution in [1.82, 2.24) is 15.4 Å². The van der Waals surface area contributed by atoms with Gasteiger partial charge in [0.05, 0.1) is 18.5 Å². The molecule has 3 rings (SSSR count). The Kier molecular flexibility index (Phi) is 7.31. The zero-order valence-corrected chi connectivity index (χ0v) is 17.1. The van der Waals surface area contributed by atoms with Gasteiger partial charge < -0.3 is 10.6 Å². The molecule has 30 heavy (non-hydrogen) atoms. The number of hydrogen-bond acceptors (Lipinski definition) is 5. The molecule has 8 nitrogen and oxygen atoms in total. The number of carbonyl (C=O) groups excluding carboxylic acids is 2. The second-order valence-electron chi connectivity index (χ2n) is 7.47. The van der Waals surface area contributed by atoms with Crippen molar-refractivity contribution in [3.05, 3.63) is 53.6 Å². The second kappa shape index (κ2) is 10.1. The Labute approximate surface area is 174 Å². The fourth-order valence-corrected chi connectivity index (χ4v) is 3.36. The van der Waals surface area contributed by atoms with Crippen LogP contribution in [0.3, 0.4) is 0 Å². The number of carbonyl (C=O) groups is 2. The molecule has 1 atom stereocenters. The minimum Gasteiger partial charge on any atom is -0.308 e. The van der Waals surface area contributed by atoms with Gasteiger partial charge in [-0.25, -0.2) is 14.7 Å². The first-order valence-electron chi connectivity index (χ1n) is 9.78. The number of amides is 3. The Morgan fingerprint density at radius 3 is 2.77 bits per heavy atom. The van der Waals surface area contributed by atoms with Crippen molar-refractivity contribution in [1.29, 1.82) is 0 Å². The van der Waals surface area contributed by atoms with E-state index in [1.165, 1.54) is 19.1 Å². The predicted octanol–water partition coefficient (Wildman–Crippen LogP) is 3.06. The summed E-state index contributed by atoms with van der Waals surface area (Å²) in [6, 6.07) is 7.59. The van der Waals surface area contributed by atoms with E-state index in [-0.39, 0.29) is 5.91 Å². The van der Waals surface area contributed by atoms with Gasteiger partial charge in [0, 0.05) is 31.4 Å². The van der Waals surface area contributed by atoms with Gasteiger partial charge in [0.15, 0.2) is 0 Å². The monoisotopic (exact) mass is 415 g/mol. The zero-order chi connectivity index (χ0) is 21.5. The van der Waals surface area contributed by atoms with Crippen LogP contribution in [0.25, 0.3) is 0 Å². The van der Waals surface area contributed by atoms with Crippen LogP contribution in [0.5, 0.6) is 0 Å². The summed E-state index contributed by atoms with van der Waals surface area (Å²) in [5, 5.41) is 5.34. The SMILES string of the molecule is CC(=O)NOC[C@H]1CCN(Cc2cc(F)cc(NC(=O)Nc3ccc(C)nc3)c2)C1. The number of urea groups is 1. The van der Waals surface area contributed by atoms with E-state index in [1.807, 2.05) is 6.92 Å². The minimum absolute atomic E-state index is 0.229. The maximum atomic E-state index is 14.1. The van der Waals surface area contributed by atoms with Gasteiger partial charge in [0.25, 0.3) is 0 Å². The standard InChI is InChI=1S/C21H26FN5O3/c1-14-3-4-19(10-23-14)24-21(29)25-20-8-17(7-18(22)9-20)12-27-6-5-16(11-27)13-30-26-15(2)28/h3-4,7-10,16H,5-6,11-13H2,1-2H3,(H,26,28)(H2,24,25,29)/t16-/m0/s1. The van der Waals surface area contributed by atoms with Gasteiger partial charge in [-0.1, -0.05) is 0 Å². The Bertz CT molecular complexity index is 891. The number of nitrogens with zero attached hydrogens (tertiary/aromatic N) is 2. The van der Waals surface area contributed by atoms with Gasteiger partial charge in [-0.2, -0.15) is 0 Å². The molecule has 9 heteroatoms. The van der Waals surface area contributed by atoms with Gasteiger partial charge in [-0.3, -0.25) is 19.5 Å². The summed E-state index contributed by atoms with van der Waals surface area (Å²) in [6.07, 6.45) is 2.50. The summed E-state index contributed by atoms with van der Waals surface area (Å²) in [5.74, 6) is -0.339. The van der Waals surface area contributed by atoms with Gasteiger partial charge in [-0.15, -0.1) is 0 Å². The Balaban J connectivity index is 1.53. The third kappa shape index (κ3) is 6.78. The van der Waals surface area contributed by atoms with E-state index in [0.29, 0.717) is 30.4 Å². The molecule has 0 radical (unpaired) electrons. The average molecular weight is 415 g/mol. The molecule has 3 amide bonds. The Morgan fingerprint density at radius 2 is 2.03 bits per heavy atom. The fraction of sp³-hybridized carbons (Fsp3) is 0.381. The summed E-state index contributed by atoms with van der Waals surface area (Å²) >= 11 is 0. The maximum absolute atomic E-state index is 14.1. The van der Waals surface area contributed by atoms with Crippen LogP contribution in [0.1, 0.15) is 24.6 Å². The van der Waals surface area contributed by atoms with E-state index in [4.69, 9.17) is 4.84 Å². The van der Waals surface area contributed by atoms with Crippen LogP contribution in [0.2, 0.25) is 0 Å². The molecule has 1 aromatic heterocycles. The zero-order valence-electron chi connectivity index (χ0n) is 17.1. The highest BCUT2D eigenvalue weighted by Gasteiger charge is 2.23. The predicted molar refractivity (Wildman–Crippen MR) is 111 cm³/mol. The van der Waals surface area contributed by atoms with E-state index in [0.717, 1.165) is 30.8 Å². The number of hydrogen-bond donors (Lipinski definition) is 3. The summed E-state index contributed by atoms with van der Waals surface area (Å²) in [4.78, 5) is 34.5. The minimum atomic E-state index is -0.464. The van der Waals surface area contributed by atoms with Crippen molar-refractivity contribution >= 4 is 23.3 Å². The number of aromatic nitrogens is 1. The highest BCUT2D eigenvalue weighted by Crippen LogP contribution is 2.21. The van der Waals surface area contributed by atoms with Crippen LogP contribution in [0, 0.1) is 18.7 Å². The van der Waals surface area contributed by atoms with Crippen LogP contribution in [0.4, 0.5) is 20.6 Å². The molecule has 1 saturated heterocycles. The van der Waals surface area contributed by atoms with Crippen LogP contribution in [-0.4, -0.2) is 41.5 Å². The summed E-state index contributed by atoms with van der Waals surface area (Å²) < 4.78 is 14.1. The number of anilines is 2. The maximum Gasteiger partial charge on any atom is 0.323 e. The molecule has 1 aliphatic rings. The number of nitrogens with one attached hydrogen (secondary N) is 3. The molecule has 0 unspecified atom stereocenters. The normalized spacial score (nSPS) is 16.3. The number of rotatable bonds is 7. The largest absolute Gasteiger partial charge is 0.323 e. The van der Waals surface area contributed by atoms with Gasteiger partial charge in [0.2, 0.25) is 5.91 Å². The Morgan fingerprint density at radius 1 is 1.23 bits per heavy atom. The molecule has 160 valence electrons. The Hall–Kier alpha value is -3.04. The van der Waals surface area contributed by atoms with E-state index in [1.54, 1.807) is 24.4 Å². The molecule has 0 bridgehead atoms. The number of halogens is 1. The van der Waals surface area contributed by atoms with E-state index < -0.39 is 11.8 Å². The smallest absolute Gasteiger partial charge is 0.308 e. The van der Waals surface area contributed by atoms with Crippen LogP contribution in [0.15, 0.2) is 36.5 Å². The van der Waals surface area contributed by atoms with Crippen LogP contribution >= 0.6 is 0 Å². The molecule has 1 fully saturated rings. The summed E-state index contributed by atoms with van der Waals surface area (Å²) in [6.45, 7) is 5.91. The molecule has 1 aromatic carbocycles. The fourth-order valence-electron chi connectivity index (χ4n) is 3.36. The van der Waals surface area contributed by atoms with Crippen molar-refractivity contribution in [2.45, 2.75) is 26.8 Å².